The van der Waals surface area contributed by atoms with Crippen LogP contribution in [0.3, 0.4) is 0 Å². The maximum Gasteiger partial charge on any atom is 0.339 e. The van der Waals surface area contributed by atoms with Gasteiger partial charge in [0, 0.05) is 36.0 Å². The number of piperidine rings is 1. The zero-order valence-corrected chi connectivity index (χ0v) is 19.6. The predicted octanol–water partition coefficient (Wildman–Crippen LogP) is 2.32. The lowest BCUT2D eigenvalue weighted by atomic mass is 9.71. The zero-order chi connectivity index (χ0) is 23.9. The van der Waals surface area contributed by atoms with Crippen molar-refractivity contribution in [2.75, 3.05) is 19.6 Å². The molecule has 1 saturated heterocycles. The second-order valence-electron chi connectivity index (χ2n) is 9.97. The second kappa shape index (κ2) is 9.06. The molecule has 2 fully saturated rings. The van der Waals surface area contributed by atoms with Gasteiger partial charge in [0.05, 0.1) is 12.1 Å². The highest BCUT2D eigenvalue weighted by Crippen LogP contribution is 2.39. The molecule has 8 heteroatoms. The Labute approximate surface area is 198 Å². The average molecular weight is 469 g/mol. The van der Waals surface area contributed by atoms with Gasteiger partial charge in [-0.3, -0.25) is 9.59 Å². The first kappa shape index (κ1) is 22.9. The third kappa shape index (κ3) is 4.31. The van der Waals surface area contributed by atoms with Gasteiger partial charge in [0.25, 0.3) is 5.91 Å². The smallest absolute Gasteiger partial charge is 0.339 e. The summed E-state index contributed by atoms with van der Waals surface area (Å²) in [6, 6.07) is 5.28. The van der Waals surface area contributed by atoms with Crippen molar-refractivity contribution in [3.8, 4) is 5.75 Å². The molecule has 34 heavy (non-hydrogen) atoms. The number of aryl methyl sites for hydroxylation is 1. The first-order chi connectivity index (χ1) is 16.3. The van der Waals surface area contributed by atoms with Gasteiger partial charge in [-0.1, -0.05) is 12.8 Å². The molecule has 5 rings (SSSR count). The van der Waals surface area contributed by atoms with Gasteiger partial charge >= 0.3 is 5.63 Å². The highest BCUT2D eigenvalue weighted by molar-refractivity contribution is 5.87. The molecule has 2 amide bonds. The van der Waals surface area contributed by atoms with Gasteiger partial charge in [-0.15, -0.1) is 0 Å². The number of carbonyl (C=O) groups excluding carboxylic acids is 2. The van der Waals surface area contributed by atoms with E-state index in [1.807, 2.05) is 6.07 Å². The van der Waals surface area contributed by atoms with Gasteiger partial charge in [-0.2, -0.15) is 0 Å². The molecule has 2 N–H and O–H groups in total. The number of amides is 2. The Morgan fingerprint density at radius 2 is 2.06 bits per heavy atom. The quantitative estimate of drug-likeness (QED) is 0.652. The Hall–Kier alpha value is -2.87. The van der Waals surface area contributed by atoms with Crippen LogP contribution < -0.4 is 15.7 Å². The predicted molar refractivity (Wildman–Crippen MR) is 126 cm³/mol. The molecule has 0 bridgehead atoms. The van der Waals surface area contributed by atoms with Gasteiger partial charge < -0.3 is 24.5 Å². The third-order valence-corrected chi connectivity index (χ3v) is 7.82. The van der Waals surface area contributed by atoms with Crippen LogP contribution in [0.25, 0.3) is 11.0 Å². The van der Waals surface area contributed by atoms with Crippen molar-refractivity contribution >= 4 is 22.8 Å². The summed E-state index contributed by atoms with van der Waals surface area (Å²) < 4.78 is 11.2. The van der Waals surface area contributed by atoms with E-state index in [0.29, 0.717) is 30.8 Å². The minimum Gasteiger partial charge on any atom is -0.481 e. The highest BCUT2D eigenvalue weighted by atomic mass is 16.5. The Morgan fingerprint density at radius 1 is 1.24 bits per heavy atom. The fraction of sp³-hybridized carbons (Fsp3) is 0.577. The minimum atomic E-state index is -0.823. The summed E-state index contributed by atoms with van der Waals surface area (Å²) in [5.41, 5.74) is 1.33. The summed E-state index contributed by atoms with van der Waals surface area (Å²) in [6.07, 6.45) is 6.21. The molecule has 1 aromatic heterocycles. The van der Waals surface area contributed by atoms with Crippen LogP contribution in [0.1, 0.15) is 56.6 Å². The van der Waals surface area contributed by atoms with Crippen LogP contribution in [-0.4, -0.2) is 53.2 Å². The van der Waals surface area contributed by atoms with Crippen LogP contribution in [0.2, 0.25) is 0 Å². The van der Waals surface area contributed by atoms with Gasteiger partial charge in [0.1, 0.15) is 11.3 Å². The van der Waals surface area contributed by atoms with E-state index in [9.17, 15) is 19.5 Å². The Balaban J connectivity index is 1.16. The number of fused-ring (bicyclic) bond motifs is 4. The molecule has 3 aliphatic rings. The molecule has 0 spiro atoms. The number of ether oxygens (including phenoxy) is 1. The molecular weight excluding hydrogens is 436 g/mol. The topological polar surface area (TPSA) is 109 Å². The summed E-state index contributed by atoms with van der Waals surface area (Å²) in [4.78, 5) is 39.2. The van der Waals surface area contributed by atoms with E-state index in [1.54, 1.807) is 24.0 Å². The lowest BCUT2D eigenvalue weighted by Gasteiger charge is -2.47. The molecular formula is C26H32N2O6. The van der Waals surface area contributed by atoms with Gasteiger partial charge in [0.15, 0.2) is 6.10 Å². The van der Waals surface area contributed by atoms with Gasteiger partial charge in [0.2, 0.25) is 5.91 Å². The number of likely N-dealkylation sites (tertiary alicyclic amines) is 1. The number of benzene rings is 1. The van der Waals surface area contributed by atoms with E-state index in [2.05, 4.69) is 5.32 Å². The molecule has 3 atom stereocenters. The largest absolute Gasteiger partial charge is 0.481 e. The third-order valence-electron chi connectivity index (χ3n) is 7.82. The number of nitrogens with one attached hydrogen (secondary N) is 1. The van der Waals surface area contributed by atoms with Crippen molar-refractivity contribution in [2.24, 2.45) is 5.92 Å². The number of nitrogens with zero attached hydrogens (tertiary/aromatic N) is 1. The van der Waals surface area contributed by atoms with Crippen molar-refractivity contribution in [3.05, 3.63) is 39.7 Å². The minimum absolute atomic E-state index is 0.101. The average Bonchev–Trinajstić information content (AvgIpc) is 3.32. The molecule has 182 valence electrons. The molecule has 0 radical (unpaired) electrons. The number of rotatable bonds is 5. The number of hydrogen-bond acceptors (Lipinski definition) is 6. The molecule has 2 heterocycles. The summed E-state index contributed by atoms with van der Waals surface area (Å²) in [5, 5.41) is 14.4. The van der Waals surface area contributed by atoms with Crippen molar-refractivity contribution in [3.63, 3.8) is 0 Å². The number of aliphatic hydroxyl groups is 1. The van der Waals surface area contributed by atoms with Crippen LogP contribution in [0.5, 0.6) is 5.75 Å². The lowest BCUT2D eigenvalue weighted by Crippen LogP contribution is -2.56. The summed E-state index contributed by atoms with van der Waals surface area (Å²) in [6.45, 7) is 2.57. The van der Waals surface area contributed by atoms with Crippen LogP contribution >= 0.6 is 0 Å². The van der Waals surface area contributed by atoms with Gasteiger partial charge in [-0.25, -0.2) is 4.79 Å². The zero-order valence-electron chi connectivity index (χ0n) is 19.6. The van der Waals surface area contributed by atoms with E-state index >= 15 is 0 Å². The molecule has 2 aliphatic carbocycles. The summed E-state index contributed by atoms with van der Waals surface area (Å²) in [7, 11) is 0. The van der Waals surface area contributed by atoms with E-state index in [4.69, 9.17) is 9.15 Å². The van der Waals surface area contributed by atoms with E-state index in [0.717, 1.165) is 61.5 Å². The fourth-order valence-electron chi connectivity index (χ4n) is 5.81. The first-order valence-electron chi connectivity index (χ1n) is 12.4. The first-order valence-corrected chi connectivity index (χ1v) is 12.4. The van der Waals surface area contributed by atoms with Crippen molar-refractivity contribution < 1.29 is 23.8 Å². The summed E-state index contributed by atoms with van der Waals surface area (Å²) in [5.74, 6) is 0.00539. The van der Waals surface area contributed by atoms with Crippen LogP contribution in [0.4, 0.5) is 0 Å². The van der Waals surface area contributed by atoms with Crippen molar-refractivity contribution in [1.82, 2.24) is 10.2 Å². The highest BCUT2D eigenvalue weighted by Gasteiger charge is 2.43. The molecule has 1 aliphatic heterocycles. The standard InChI is InChI=1S/C26H32N2O6/c1-16(33-18-8-9-20-19-6-4-7-21(19)25(31)34-22(20)13-18)24(30)27-14-23(29)28-12-11-26(32)10-3-2-5-17(26)15-28/h8-9,13,16-17,32H,2-7,10-12,14-15H2,1H3,(H,27,30)/t16-,17+,26-/m0/s1. The molecule has 1 saturated carbocycles. The maximum absolute atomic E-state index is 12.7. The van der Waals surface area contributed by atoms with E-state index in [-0.39, 0.29) is 24.0 Å². The Morgan fingerprint density at radius 3 is 2.91 bits per heavy atom. The summed E-state index contributed by atoms with van der Waals surface area (Å²) >= 11 is 0. The maximum atomic E-state index is 12.7. The fourth-order valence-corrected chi connectivity index (χ4v) is 5.81. The normalized spacial score (nSPS) is 24.9. The Bertz CT molecular complexity index is 1170. The lowest BCUT2D eigenvalue weighted by molar-refractivity contribution is -0.144. The molecule has 1 aromatic carbocycles. The second-order valence-corrected chi connectivity index (χ2v) is 9.97. The van der Waals surface area contributed by atoms with Crippen molar-refractivity contribution in [2.45, 2.75) is 70.0 Å². The monoisotopic (exact) mass is 468 g/mol. The molecule has 2 aromatic rings. The number of hydrogen-bond donors (Lipinski definition) is 2. The van der Waals surface area contributed by atoms with Crippen molar-refractivity contribution in [1.29, 1.82) is 0 Å². The number of carbonyl (C=O) groups is 2. The van der Waals surface area contributed by atoms with E-state index < -0.39 is 17.6 Å². The molecule has 8 nitrogen and oxygen atoms in total. The van der Waals surface area contributed by atoms with Crippen LogP contribution in [-0.2, 0) is 22.4 Å². The Kier molecular flexibility index (Phi) is 6.10. The SMILES string of the molecule is C[C@H](Oc1ccc2c3c(c(=O)oc2c1)CCC3)C(=O)NCC(=O)N1CC[C@@]2(O)CCCC[C@@H]2C1. The van der Waals surface area contributed by atoms with E-state index in [1.165, 1.54) is 0 Å². The van der Waals surface area contributed by atoms with Crippen LogP contribution in [0, 0.1) is 5.92 Å². The van der Waals surface area contributed by atoms with Crippen LogP contribution in [0.15, 0.2) is 27.4 Å². The molecule has 0 unspecified atom stereocenters. The van der Waals surface area contributed by atoms with Gasteiger partial charge in [-0.05, 0) is 63.1 Å².